The van der Waals surface area contributed by atoms with Crippen molar-refractivity contribution in [1.82, 2.24) is 20.0 Å². The summed E-state index contributed by atoms with van der Waals surface area (Å²) in [4.78, 5) is 11.9. The molecule has 0 aliphatic carbocycles. The minimum atomic E-state index is 0. The minimum absolute atomic E-state index is 0. The second kappa shape index (κ2) is 13.6. The van der Waals surface area contributed by atoms with E-state index in [1.54, 1.807) is 0 Å². The van der Waals surface area contributed by atoms with Crippen LogP contribution in [-0.4, -0.2) is 80.6 Å². The molecule has 154 valence electrons. The summed E-state index contributed by atoms with van der Waals surface area (Å²) in [6.07, 6.45) is 2.34. The van der Waals surface area contributed by atoms with Gasteiger partial charge in [-0.15, -0.1) is 24.0 Å². The predicted octanol–water partition coefficient (Wildman–Crippen LogP) is 3.38. The van der Waals surface area contributed by atoms with Crippen molar-refractivity contribution in [1.29, 1.82) is 0 Å². The van der Waals surface area contributed by atoms with Gasteiger partial charge in [-0.25, -0.2) is 0 Å². The Kier molecular flexibility index (Phi) is 12.3. The number of hydrogen-bond donors (Lipinski definition) is 1. The number of piperazine rings is 1. The first-order valence-corrected chi connectivity index (χ1v) is 10.1. The fraction of sp³-hybridized carbons (Fsp3) is 0.650. The largest absolute Gasteiger partial charge is 0.357 e. The van der Waals surface area contributed by atoms with E-state index in [0.29, 0.717) is 0 Å². The number of guanidine groups is 1. The van der Waals surface area contributed by atoms with E-state index in [-0.39, 0.29) is 24.0 Å². The normalized spacial score (nSPS) is 16.1. The Morgan fingerprint density at radius 3 is 2.56 bits per heavy atom. The summed E-state index contributed by atoms with van der Waals surface area (Å²) in [5.41, 5.74) is 1.12. The Hall–Kier alpha value is -0.570. The maximum Gasteiger partial charge on any atom is 0.193 e. The highest BCUT2D eigenvalue weighted by Gasteiger charge is 2.13. The SMILES string of the molecule is CCNC(=NCCCCN1CCN(C)CC1)N(C)Cc1ccccc1Cl.I. The molecule has 1 heterocycles. The summed E-state index contributed by atoms with van der Waals surface area (Å²) < 4.78 is 0. The van der Waals surface area contributed by atoms with E-state index >= 15 is 0 Å². The van der Waals surface area contributed by atoms with Crippen molar-refractivity contribution in [2.45, 2.75) is 26.3 Å². The van der Waals surface area contributed by atoms with Gasteiger partial charge >= 0.3 is 0 Å². The number of rotatable bonds is 8. The first kappa shape index (κ1) is 24.5. The topological polar surface area (TPSA) is 34.1 Å². The van der Waals surface area contributed by atoms with Crippen LogP contribution in [-0.2, 0) is 6.54 Å². The van der Waals surface area contributed by atoms with Crippen molar-refractivity contribution in [2.75, 3.05) is 59.9 Å². The van der Waals surface area contributed by atoms with Crippen molar-refractivity contribution in [2.24, 2.45) is 4.99 Å². The zero-order valence-electron chi connectivity index (χ0n) is 17.0. The van der Waals surface area contributed by atoms with E-state index in [0.717, 1.165) is 42.6 Å². The molecule has 1 aliphatic rings. The van der Waals surface area contributed by atoms with Gasteiger partial charge in [0.2, 0.25) is 0 Å². The van der Waals surface area contributed by atoms with Gasteiger partial charge in [0.15, 0.2) is 5.96 Å². The zero-order valence-corrected chi connectivity index (χ0v) is 20.0. The predicted molar refractivity (Wildman–Crippen MR) is 127 cm³/mol. The van der Waals surface area contributed by atoms with Crippen LogP contribution in [0.5, 0.6) is 0 Å². The van der Waals surface area contributed by atoms with Crippen molar-refractivity contribution >= 4 is 41.5 Å². The second-order valence-corrected chi connectivity index (χ2v) is 7.44. The van der Waals surface area contributed by atoms with E-state index < -0.39 is 0 Å². The summed E-state index contributed by atoms with van der Waals surface area (Å²) in [6.45, 7) is 10.6. The third-order valence-corrected chi connectivity index (χ3v) is 5.17. The van der Waals surface area contributed by atoms with Crippen LogP contribution < -0.4 is 5.32 Å². The fourth-order valence-electron chi connectivity index (χ4n) is 3.13. The van der Waals surface area contributed by atoms with E-state index in [9.17, 15) is 0 Å². The Balaban J connectivity index is 0.00000364. The van der Waals surface area contributed by atoms with Crippen LogP contribution in [0.25, 0.3) is 0 Å². The van der Waals surface area contributed by atoms with Crippen LogP contribution in [0.4, 0.5) is 0 Å². The molecule has 1 aliphatic heterocycles. The molecule has 7 heteroatoms. The molecule has 0 bridgehead atoms. The minimum Gasteiger partial charge on any atom is -0.357 e. The molecule has 0 spiro atoms. The van der Waals surface area contributed by atoms with Crippen molar-refractivity contribution in [3.05, 3.63) is 34.9 Å². The Morgan fingerprint density at radius 2 is 1.89 bits per heavy atom. The van der Waals surface area contributed by atoms with E-state index in [1.165, 1.54) is 39.1 Å². The molecule has 1 aromatic carbocycles. The Labute approximate surface area is 187 Å². The number of benzene rings is 1. The molecule has 1 fully saturated rings. The molecule has 0 atom stereocenters. The standard InChI is InChI=1S/C20H34ClN5.HI/c1-4-22-20(25(3)17-18-9-5-6-10-19(18)21)23-11-7-8-12-26-15-13-24(2)14-16-26;/h5-6,9-10H,4,7-8,11-17H2,1-3H3,(H,22,23);1H. The van der Waals surface area contributed by atoms with Crippen LogP contribution in [0.2, 0.25) is 5.02 Å². The van der Waals surface area contributed by atoms with Gasteiger partial charge < -0.3 is 20.0 Å². The van der Waals surface area contributed by atoms with Gasteiger partial charge in [-0.1, -0.05) is 29.8 Å². The molecule has 1 N–H and O–H groups in total. The second-order valence-electron chi connectivity index (χ2n) is 7.04. The van der Waals surface area contributed by atoms with Gasteiger partial charge in [-0.05, 0) is 45.0 Å². The van der Waals surface area contributed by atoms with Gasteiger partial charge in [-0.2, -0.15) is 0 Å². The average molecular weight is 508 g/mol. The van der Waals surface area contributed by atoms with Crippen LogP contribution in [0.3, 0.4) is 0 Å². The summed E-state index contributed by atoms with van der Waals surface area (Å²) in [6, 6.07) is 7.99. The molecule has 27 heavy (non-hydrogen) atoms. The molecule has 1 saturated heterocycles. The van der Waals surface area contributed by atoms with Crippen molar-refractivity contribution in [3.8, 4) is 0 Å². The van der Waals surface area contributed by atoms with Crippen molar-refractivity contribution < 1.29 is 0 Å². The lowest BCUT2D eigenvalue weighted by Gasteiger charge is -2.32. The van der Waals surface area contributed by atoms with Gasteiger partial charge in [-0.3, -0.25) is 4.99 Å². The zero-order chi connectivity index (χ0) is 18.8. The fourth-order valence-corrected chi connectivity index (χ4v) is 3.33. The summed E-state index contributed by atoms with van der Waals surface area (Å²) in [7, 11) is 4.27. The lowest BCUT2D eigenvalue weighted by atomic mass is 10.2. The highest BCUT2D eigenvalue weighted by atomic mass is 127. The monoisotopic (exact) mass is 507 g/mol. The molecule has 2 rings (SSSR count). The quantitative estimate of drug-likeness (QED) is 0.253. The first-order chi connectivity index (χ1) is 12.6. The van der Waals surface area contributed by atoms with Crippen LogP contribution in [0.15, 0.2) is 29.3 Å². The number of hydrogen-bond acceptors (Lipinski definition) is 3. The number of nitrogens with zero attached hydrogens (tertiary/aromatic N) is 4. The highest BCUT2D eigenvalue weighted by molar-refractivity contribution is 14.0. The Morgan fingerprint density at radius 1 is 1.19 bits per heavy atom. The molecule has 0 amide bonds. The van der Waals surface area contributed by atoms with Crippen LogP contribution in [0.1, 0.15) is 25.3 Å². The molecule has 0 radical (unpaired) electrons. The van der Waals surface area contributed by atoms with E-state index in [1.807, 2.05) is 18.2 Å². The highest BCUT2D eigenvalue weighted by Crippen LogP contribution is 2.16. The van der Waals surface area contributed by atoms with E-state index in [4.69, 9.17) is 16.6 Å². The summed E-state index contributed by atoms with van der Waals surface area (Å²) >= 11 is 6.28. The smallest absolute Gasteiger partial charge is 0.193 e. The summed E-state index contributed by atoms with van der Waals surface area (Å²) in [5.74, 6) is 0.951. The number of halogens is 2. The first-order valence-electron chi connectivity index (χ1n) is 9.74. The molecule has 1 aromatic rings. The third-order valence-electron chi connectivity index (χ3n) is 4.80. The molecule has 0 saturated carbocycles. The Bertz CT molecular complexity index is 561. The number of nitrogens with one attached hydrogen (secondary N) is 1. The molecule has 0 unspecified atom stereocenters. The van der Waals surface area contributed by atoms with Gasteiger partial charge in [0, 0.05) is 57.9 Å². The molecular weight excluding hydrogens is 473 g/mol. The average Bonchev–Trinajstić information content (AvgIpc) is 2.64. The lowest BCUT2D eigenvalue weighted by molar-refractivity contribution is 0.152. The van der Waals surface area contributed by atoms with Gasteiger partial charge in [0.1, 0.15) is 0 Å². The van der Waals surface area contributed by atoms with Crippen LogP contribution in [0, 0.1) is 0 Å². The molecule has 5 nitrogen and oxygen atoms in total. The molecular formula is C20H35ClIN5. The van der Waals surface area contributed by atoms with E-state index in [2.05, 4.69) is 47.1 Å². The molecule has 0 aromatic heterocycles. The van der Waals surface area contributed by atoms with Crippen LogP contribution >= 0.6 is 35.6 Å². The number of unbranched alkanes of at least 4 members (excludes halogenated alkanes) is 1. The van der Waals surface area contributed by atoms with Gasteiger partial charge in [0.25, 0.3) is 0 Å². The summed E-state index contributed by atoms with van der Waals surface area (Å²) in [5, 5.41) is 4.19. The third kappa shape index (κ3) is 8.98. The maximum atomic E-state index is 6.28. The maximum absolute atomic E-state index is 6.28. The van der Waals surface area contributed by atoms with Crippen molar-refractivity contribution in [3.63, 3.8) is 0 Å². The number of likely N-dealkylation sites (N-methyl/N-ethyl adjacent to an activating group) is 1. The van der Waals surface area contributed by atoms with Gasteiger partial charge in [0.05, 0.1) is 0 Å². The lowest BCUT2D eigenvalue weighted by Crippen LogP contribution is -2.44. The number of aliphatic imine (C=N–C) groups is 1.